The first-order chi connectivity index (χ1) is 10.1. The Labute approximate surface area is 122 Å². The fraction of sp³-hybridized carbons (Fsp3) is 0.188. The summed E-state index contributed by atoms with van der Waals surface area (Å²) < 4.78 is 13.8. The van der Waals surface area contributed by atoms with E-state index in [1.807, 2.05) is 12.1 Å². The minimum atomic E-state index is -0.569. The van der Waals surface area contributed by atoms with Gasteiger partial charge < -0.3 is 16.4 Å². The molecule has 1 aliphatic heterocycles. The van der Waals surface area contributed by atoms with Crippen molar-refractivity contribution in [2.24, 2.45) is 5.73 Å². The lowest BCUT2D eigenvalue weighted by molar-refractivity contribution is 0.100. The number of carbonyl (C=O) groups is 1. The van der Waals surface area contributed by atoms with Gasteiger partial charge >= 0.3 is 0 Å². The van der Waals surface area contributed by atoms with E-state index in [4.69, 9.17) is 5.73 Å². The van der Waals surface area contributed by atoms with Crippen molar-refractivity contribution in [1.29, 1.82) is 0 Å². The van der Waals surface area contributed by atoms with Crippen molar-refractivity contribution in [2.75, 3.05) is 17.2 Å². The summed E-state index contributed by atoms with van der Waals surface area (Å²) in [4.78, 5) is 11.2. The number of rotatable bonds is 4. The molecule has 0 saturated carbocycles. The van der Waals surface area contributed by atoms with Gasteiger partial charge in [0.05, 0.1) is 5.69 Å². The first-order valence-electron chi connectivity index (χ1n) is 6.83. The topological polar surface area (TPSA) is 67.2 Å². The third-order valence-electron chi connectivity index (χ3n) is 3.65. The van der Waals surface area contributed by atoms with Crippen LogP contribution in [-0.4, -0.2) is 12.5 Å². The lowest BCUT2D eigenvalue weighted by atomic mass is 10.1. The Balaban J connectivity index is 1.81. The summed E-state index contributed by atoms with van der Waals surface area (Å²) in [7, 11) is 0. The van der Waals surface area contributed by atoms with Crippen molar-refractivity contribution in [3.63, 3.8) is 0 Å². The molecular formula is C16H16FN3O. The van der Waals surface area contributed by atoms with Crippen molar-refractivity contribution < 1.29 is 9.18 Å². The van der Waals surface area contributed by atoms with Crippen LogP contribution in [0.25, 0.3) is 0 Å². The Morgan fingerprint density at radius 2 is 2.19 bits per heavy atom. The number of halogens is 1. The van der Waals surface area contributed by atoms with Crippen LogP contribution in [0.15, 0.2) is 36.4 Å². The van der Waals surface area contributed by atoms with E-state index in [-0.39, 0.29) is 11.3 Å². The SMILES string of the molecule is NC(=O)c1ccc(F)c(NCc2cccc3c2NCC3)c1. The Kier molecular flexibility index (Phi) is 3.48. The van der Waals surface area contributed by atoms with Gasteiger partial charge in [-0.05, 0) is 35.7 Å². The predicted octanol–water partition coefficient (Wildman–Crippen LogP) is 2.50. The van der Waals surface area contributed by atoms with Crippen LogP contribution >= 0.6 is 0 Å². The van der Waals surface area contributed by atoms with E-state index in [2.05, 4.69) is 16.7 Å². The molecule has 1 heterocycles. The van der Waals surface area contributed by atoms with Gasteiger partial charge in [0.15, 0.2) is 0 Å². The standard InChI is InChI=1S/C16H16FN3O/c17-13-5-4-11(16(18)21)8-14(13)20-9-12-3-1-2-10-6-7-19-15(10)12/h1-5,8,19-20H,6-7,9H2,(H2,18,21). The summed E-state index contributed by atoms with van der Waals surface area (Å²) in [5.74, 6) is -0.971. The second-order valence-electron chi connectivity index (χ2n) is 5.04. The van der Waals surface area contributed by atoms with Crippen LogP contribution in [0, 0.1) is 5.82 Å². The normalized spacial score (nSPS) is 12.6. The highest BCUT2D eigenvalue weighted by Crippen LogP contribution is 2.27. The summed E-state index contributed by atoms with van der Waals surface area (Å²) in [6, 6.07) is 10.2. The average molecular weight is 285 g/mol. The highest BCUT2D eigenvalue weighted by atomic mass is 19.1. The van der Waals surface area contributed by atoms with Gasteiger partial charge in [-0.1, -0.05) is 18.2 Å². The molecule has 0 unspecified atom stereocenters. The number of benzene rings is 2. The molecular weight excluding hydrogens is 269 g/mol. The predicted molar refractivity (Wildman–Crippen MR) is 80.9 cm³/mol. The zero-order chi connectivity index (χ0) is 14.8. The fourth-order valence-corrected chi connectivity index (χ4v) is 2.56. The van der Waals surface area contributed by atoms with E-state index in [9.17, 15) is 9.18 Å². The summed E-state index contributed by atoms with van der Waals surface area (Å²) in [6.45, 7) is 1.41. The van der Waals surface area contributed by atoms with Gasteiger partial charge in [0.1, 0.15) is 5.82 Å². The van der Waals surface area contributed by atoms with Crippen molar-refractivity contribution >= 4 is 17.3 Å². The van der Waals surface area contributed by atoms with E-state index < -0.39 is 11.7 Å². The van der Waals surface area contributed by atoms with Crippen LogP contribution in [-0.2, 0) is 13.0 Å². The Morgan fingerprint density at radius 3 is 3.00 bits per heavy atom. The van der Waals surface area contributed by atoms with Gasteiger partial charge in [0, 0.05) is 24.3 Å². The number of para-hydroxylation sites is 1. The van der Waals surface area contributed by atoms with Gasteiger partial charge in [0.2, 0.25) is 5.91 Å². The Bertz CT molecular complexity index is 700. The van der Waals surface area contributed by atoms with Crippen LogP contribution in [0.1, 0.15) is 21.5 Å². The minimum Gasteiger partial charge on any atom is -0.384 e. The van der Waals surface area contributed by atoms with Gasteiger partial charge in [0.25, 0.3) is 0 Å². The fourth-order valence-electron chi connectivity index (χ4n) is 2.56. The lowest BCUT2D eigenvalue weighted by Gasteiger charge is -2.12. The monoisotopic (exact) mass is 285 g/mol. The summed E-state index contributed by atoms with van der Waals surface area (Å²) in [5.41, 5.74) is 9.26. The maximum atomic E-state index is 13.8. The minimum absolute atomic E-state index is 0.280. The maximum absolute atomic E-state index is 13.8. The molecule has 4 N–H and O–H groups in total. The van der Waals surface area contributed by atoms with E-state index in [0.717, 1.165) is 24.2 Å². The Morgan fingerprint density at radius 1 is 1.33 bits per heavy atom. The van der Waals surface area contributed by atoms with E-state index in [1.165, 1.54) is 23.8 Å². The second kappa shape index (κ2) is 5.44. The van der Waals surface area contributed by atoms with Crippen molar-refractivity contribution in [2.45, 2.75) is 13.0 Å². The molecule has 0 atom stereocenters. The molecule has 0 bridgehead atoms. The lowest BCUT2D eigenvalue weighted by Crippen LogP contribution is -2.12. The number of primary amides is 1. The van der Waals surface area contributed by atoms with Gasteiger partial charge in [-0.3, -0.25) is 4.79 Å². The highest BCUT2D eigenvalue weighted by molar-refractivity contribution is 5.93. The molecule has 5 heteroatoms. The molecule has 108 valence electrons. The van der Waals surface area contributed by atoms with Gasteiger partial charge in [-0.2, -0.15) is 0 Å². The zero-order valence-corrected chi connectivity index (χ0v) is 11.4. The van der Waals surface area contributed by atoms with E-state index in [1.54, 1.807) is 0 Å². The highest BCUT2D eigenvalue weighted by Gasteiger charge is 2.14. The number of amides is 1. The number of anilines is 2. The first kappa shape index (κ1) is 13.4. The van der Waals surface area contributed by atoms with Crippen LogP contribution in [0.4, 0.5) is 15.8 Å². The number of nitrogens with two attached hydrogens (primary N) is 1. The molecule has 0 aliphatic carbocycles. The molecule has 2 aromatic carbocycles. The summed E-state index contributed by atoms with van der Waals surface area (Å²) in [5, 5.41) is 6.37. The van der Waals surface area contributed by atoms with Crippen LogP contribution in [0.2, 0.25) is 0 Å². The van der Waals surface area contributed by atoms with Crippen molar-refractivity contribution in [3.8, 4) is 0 Å². The van der Waals surface area contributed by atoms with Crippen LogP contribution in [0.5, 0.6) is 0 Å². The molecule has 0 saturated heterocycles. The second-order valence-corrected chi connectivity index (χ2v) is 5.04. The summed E-state index contributed by atoms with van der Waals surface area (Å²) >= 11 is 0. The van der Waals surface area contributed by atoms with E-state index in [0.29, 0.717) is 6.54 Å². The molecule has 1 amide bonds. The molecule has 1 aliphatic rings. The number of fused-ring (bicyclic) bond motifs is 1. The maximum Gasteiger partial charge on any atom is 0.248 e. The smallest absolute Gasteiger partial charge is 0.248 e. The molecule has 0 fully saturated rings. The Hall–Kier alpha value is -2.56. The third kappa shape index (κ3) is 2.67. The summed E-state index contributed by atoms with van der Waals surface area (Å²) in [6.07, 6.45) is 1.01. The average Bonchev–Trinajstić information content (AvgIpc) is 2.95. The quantitative estimate of drug-likeness (QED) is 0.808. The molecule has 0 radical (unpaired) electrons. The molecule has 0 aromatic heterocycles. The molecule has 3 rings (SSSR count). The molecule has 21 heavy (non-hydrogen) atoms. The number of nitrogens with one attached hydrogen (secondary N) is 2. The molecule has 0 spiro atoms. The number of hydrogen-bond donors (Lipinski definition) is 3. The number of carbonyl (C=O) groups excluding carboxylic acids is 1. The molecule has 4 nitrogen and oxygen atoms in total. The third-order valence-corrected chi connectivity index (χ3v) is 3.65. The molecule has 2 aromatic rings. The van der Waals surface area contributed by atoms with Gasteiger partial charge in [-0.25, -0.2) is 4.39 Å². The first-order valence-corrected chi connectivity index (χ1v) is 6.83. The van der Waals surface area contributed by atoms with Crippen molar-refractivity contribution in [1.82, 2.24) is 0 Å². The van der Waals surface area contributed by atoms with Gasteiger partial charge in [-0.15, -0.1) is 0 Å². The number of hydrogen-bond acceptors (Lipinski definition) is 3. The largest absolute Gasteiger partial charge is 0.384 e. The van der Waals surface area contributed by atoms with Crippen LogP contribution < -0.4 is 16.4 Å². The van der Waals surface area contributed by atoms with E-state index >= 15 is 0 Å². The zero-order valence-electron chi connectivity index (χ0n) is 11.4. The van der Waals surface area contributed by atoms with Crippen molar-refractivity contribution in [3.05, 3.63) is 58.9 Å². The van der Waals surface area contributed by atoms with Crippen LogP contribution in [0.3, 0.4) is 0 Å².